The van der Waals surface area contributed by atoms with E-state index in [0.717, 1.165) is 5.56 Å². The minimum atomic E-state index is -0.964. The van der Waals surface area contributed by atoms with Gasteiger partial charge in [0.1, 0.15) is 0 Å². The Bertz CT molecular complexity index is 448. The molecular formula is C12H15N3O4. The molecule has 0 saturated carbocycles. The van der Waals surface area contributed by atoms with E-state index in [1.807, 2.05) is 0 Å². The van der Waals surface area contributed by atoms with E-state index < -0.39 is 17.9 Å². The van der Waals surface area contributed by atoms with Crippen LogP contribution < -0.4 is 10.6 Å². The summed E-state index contributed by atoms with van der Waals surface area (Å²) in [4.78, 5) is 36.7. The summed E-state index contributed by atoms with van der Waals surface area (Å²) in [5, 5.41) is 13.0. The van der Waals surface area contributed by atoms with E-state index in [0.29, 0.717) is 0 Å². The Kier molecular flexibility index (Phi) is 6.00. The molecule has 0 atom stereocenters. The minimum absolute atomic E-state index is 0.00656. The van der Waals surface area contributed by atoms with Crippen LogP contribution >= 0.6 is 0 Å². The zero-order valence-electron chi connectivity index (χ0n) is 10.3. The van der Waals surface area contributed by atoms with Crippen LogP contribution in [0, 0.1) is 0 Å². The predicted molar refractivity (Wildman–Crippen MR) is 66.1 cm³/mol. The molecule has 1 heterocycles. The molecule has 0 aliphatic carbocycles. The Morgan fingerprint density at radius 2 is 2.05 bits per heavy atom. The van der Waals surface area contributed by atoms with Gasteiger partial charge in [-0.2, -0.15) is 0 Å². The molecule has 7 nitrogen and oxygen atoms in total. The largest absolute Gasteiger partial charge is 0.481 e. The summed E-state index contributed by atoms with van der Waals surface area (Å²) in [7, 11) is 0. The molecule has 1 aromatic rings. The highest BCUT2D eigenvalue weighted by atomic mass is 16.4. The molecule has 0 unspecified atom stereocenters. The van der Waals surface area contributed by atoms with Crippen molar-refractivity contribution in [3.05, 3.63) is 30.1 Å². The SMILES string of the molecule is O=C(O)CCCC(=O)NC(=O)NCc1cccnc1. The van der Waals surface area contributed by atoms with Crippen LogP contribution in [0.4, 0.5) is 4.79 Å². The molecule has 3 N–H and O–H groups in total. The lowest BCUT2D eigenvalue weighted by Crippen LogP contribution is -2.39. The maximum atomic E-state index is 11.3. The molecule has 1 aromatic heterocycles. The standard InChI is InChI=1S/C12H15N3O4/c16-10(4-1-5-11(17)18)15-12(19)14-8-9-3-2-6-13-7-9/h2-3,6-7H,1,4-5,8H2,(H,17,18)(H2,14,15,16,19). The van der Waals surface area contributed by atoms with Crippen LogP contribution in [0.2, 0.25) is 0 Å². The fraction of sp³-hybridized carbons (Fsp3) is 0.333. The number of rotatable bonds is 6. The zero-order valence-corrected chi connectivity index (χ0v) is 10.3. The first-order chi connectivity index (χ1) is 9.08. The summed E-state index contributed by atoms with van der Waals surface area (Å²) < 4.78 is 0. The molecule has 1 rings (SSSR count). The minimum Gasteiger partial charge on any atom is -0.481 e. The number of imide groups is 1. The monoisotopic (exact) mass is 265 g/mol. The summed E-state index contributed by atoms with van der Waals surface area (Å²) in [6.07, 6.45) is 3.35. The van der Waals surface area contributed by atoms with E-state index in [9.17, 15) is 14.4 Å². The second kappa shape index (κ2) is 7.80. The molecule has 0 aromatic carbocycles. The Morgan fingerprint density at radius 3 is 2.68 bits per heavy atom. The average molecular weight is 265 g/mol. The van der Waals surface area contributed by atoms with Crippen LogP contribution in [0.1, 0.15) is 24.8 Å². The van der Waals surface area contributed by atoms with Gasteiger partial charge in [0.05, 0.1) is 0 Å². The number of aliphatic carboxylic acids is 1. The third kappa shape index (κ3) is 6.77. The van der Waals surface area contributed by atoms with Crippen molar-refractivity contribution in [2.75, 3.05) is 0 Å². The van der Waals surface area contributed by atoms with E-state index >= 15 is 0 Å². The summed E-state index contributed by atoms with van der Waals surface area (Å²) in [6, 6.07) is 2.93. The fourth-order valence-electron chi connectivity index (χ4n) is 1.32. The molecule has 19 heavy (non-hydrogen) atoms. The van der Waals surface area contributed by atoms with Gasteiger partial charge >= 0.3 is 12.0 Å². The number of pyridine rings is 1. The second-order valence-corrected chi connectivity index (χ2v) is 3.84. The molecular weight excluding hydrogens is 250 g/mol. The normalized spacial score (nSPS) is 9.68. The number of carboxylic acid groups (broad SMARTS) is 1. The lowest BCUT2D eigenvalue weighted by molar-refractivity contribution is -0.137. The van der Waals surface area contributed by atoms with Crippen LogP contribution in [0.3, 0.4) is 0 Å². The van der Waals surface area contributed by atoms with Crippen LogP contribution in [0.25, 0.3) is 0 Å². The number of carbonyl (C=O) groups is 3. The van der Waals surface area contributed by atoms with Crippen molar-refractivity contribution >= 4 is 17.9 Å². The third-order valence-corrected chi connectivity index (χ3v) is 2.22. The third-order valence-electron chi connectivity index (χ3n) is 2.22. The summed E-state index contributed by atoms with van der Waals surface area (Å²) >= 11 is 0. The van der Waals surface area contributed by atoms with Crippen molar-refractivity contribution in [3.8, 4) is 0 Å². The maximum Gasteiger partial charge on any atom is 0.321 e. The Balaban J connectivity index is 2.20. The van der Waals surface area contributed by atoms with Gasteiger partial charge in [0.15, 0.2) is 0 Å². The number of nitrogens with one attached hydrogen (secondary N) is 2. The van der Waals surface area contributed by atoms with E-state index in [-0.39, 0.29) is 25.8 Å². The number of aromatic nitrogens is 1. The lowest BCUT2D eigenvalue weighted by Gasteiger charge is -2.06. The van der Waals surface area contributed by atoms with Crippen molar-refractivity contribution in [1.29, 1.82) is 0 Å². The average Bonchev–Trinajstić information content (AvgIpc) is 2.37. The van der Waals surface area contributed by atoms with Crippen LogP contribution in [0.15, 0.2) is 24.5 Å². The molecule has 7 heteroatoms. The first-order valence-electron chi connectivity index (χ1n) is 5.76. The highest BCUT2D eigenvalue weighted by Crippen LogP contribution is 1.96. The van der Waals surface area contributed by atoms with Gasteiger partial charge in [0.25, 0.3) is 0 Å². The highest BCUT2D eigenvalue weighted by molar-refractivity contribution is 5.94. The number of hydrogen-bond donors (Lipinski definition) is 3. The molecule has 0 aliphatic rings. The Labute approximate surface area is 110 Å². The summed E-state index contributed by atoms with van der Waals surface area (Å²) in [5.41, 5.74) is 0.816. The maximum absolute atomic E-state index is 11.3. The number of nitrogens with zero attached hydrogens (tertiary/aromatic N) is 1. The quantitative estimate of drug-likeness (QED) is 0.700. The molecule has 0 spiro atoms. The van der Waals surface area contributed by atoms with Gasteiger partial charge in [0, 0.05) is 31.8 Å². The first kappa shape index (κ1) is 14.6. The predicted octanol–water partition coefficient (Wildman–Crippen LogP) is 0.662. The number of urea groups is 1. The van der Waals surface area contributed by atoms with Crippen LogP contribution in [0.5, 0.6) is 0 Å². The molecule has 102 valence electrons. The van der Waals surface area contributed by atoms with Crippen molar-refractivity contribution < 1.29 is 19.5 Å². The Hall–Kier alpha value is -2.44. The molecule has 0 bridgehead atoms. The van der Waals surface area contributed by atoms with Crippen LogP contribution in [-0.2, 0) is 16.1 Å². The molecule has 0 radical (unpaired) electrons. The zero-order chi connectivity index (χ0) is 14.1. The van der Waals surface area contributed by atoms with E-state index in [1.54, 1.807) is 24.5 Å². The van der Waals surface area contributed by atoms with Crippen molar-refractivity contribution in [2.45, 2.75) is 25.8 Å². The van der Waals surface area contributed by atoms with Crippen molar-refractivity contribution in [3.63, 3.8) is 0 Å². The second-order valence-electron chi connectivity index (χ2n) is 3.84. The van der Waals surface area contributed by atoms with Crippen molar-refractivity contribution in [2.24, 2.45) is 0 Å². The van der Waals surface area contributed by atoms with Gasteiger partial charge in [-0.3, -0.25) is 19.9 Å². The van der Waals surface area contributed by atoms with Gasteiger partial charge in [-0.25, -0.2) is 4.79 Å². The molecule has 0 fully saturated rings. The molecule has 0 saturated heterocycles. The first-order valence-corrected chi connectivity index (χ1v) is 5.76. The molecule has 0 aliphatic heterocycles. The highest BCUT2D eigenvalue weighted by Gasteiger charge is 2.08. The number of hydrogen-bond acceptors (Lipinski definition) is 4. The topological polar surface area (TPSA) is 108 Å². The van der Waals surface area contributed by atoms with Gasteiger partial charge in [0.2, 0.25) is 5.91 Å². The number of carboxylic acids is 1. The van der Waals surface area contributed by atoms with Gasteiger partial charge in [-0.15, -0.1) is 0 Å². The smallest absolute Gasteiger partial charge is 0.321 e. The Morgan fingerprint density at radius 1 is 1.26 bits per heavy atom. The lowest BCUT2D eigenvalue weighted by atomic mass is 10.2. The summed E-state index contributed by atoms with van der Waals surface area (Å²) in [6.45, 7) is 0.266. The van der Waals surface area contributed by atoms with Gasteiger partial charge < -0.3 is 10.4 Å². The fourth-order valence-corrected chi connectivity index (χ4v) is 1.32. The van der Waals surface area contributed by atoms with Crippen LogP contribution in [-0.4, -0.2) is 28.0 Å². The van der Waals surface area contributed by atoms with E-state index in [4.69, 9.17) is 5.11 Å². The van der Waals surface area contributed by atoms with Crippen molar-refractivity contribution in [1.82, 2.24) is 15.6 Å². The van der Waals surface area contributed by atoms with E-state index in [2.05, 4.69) is 15.6 Å². The van der Waals surface area contributed by atoms with Gasteiger partial charge in [-0.1, -0.05) is 6.07 Å². The van der Waals surface area contributed by atoms with E-state index in [1.165, 1.54) is 0 Å². The summed E-state index contributed by atoms with van der Waals surface area (Å²) in [5.74, 6) is -1.46. The number of carbonyl (C=O) groups excluding carboxylic acids is 2. The molecule has 3 amide bonds. The number of amides is 3. The van der Waals surface area contributed by atoms with Gasteiger partial charge in [-0.05, 0) is 18.1 Å².